The molecule has 21 heavy (non-hydrogen) atoms. The molecule has 118 valence electrons. The first-order valence-electron chi connectivity index (χ1n) is 7.80. The number of nitrogens with two attached hydrogens (primary N) is 1. The number of rotatable bonds is 7. The summed E-state index contributed by atoms with van der Waals surface area (Å²) in [6.07, 6.45) is 3.61. The van der Waals surface area contributed by atoms with Gasteiger partial charge in [-0.3, -0.25) is 4.90 Å². The number of anilines is 1. The van der Waals surface area contributed by atoms with Crippen LogP contribution >= 0.6 is 0 Å². The van der Waals surface area contributed by atoms with E-state index in [1.807, 2.05) is 13.0 Å². The Balaban J connectivity index is 1.82. The second-order valence-corrected chi connectivity index (χ2v) is 5.53. The minimum absolute atomic E-state index is 0.640. The molecule has 6 heteroatoms. The lowest BCUT2D eigenvalue weighted by molar-refractivity contribution is 0.251. The van der Waals surface area contributed by atoms with Gasteiger partial charge in [0, 0.05) is 37.9 Å². The van der Waals surface area contributed by atoms with Gasteiger partial charge in [0.2, 0.25) is 11.8 Å². The van der Waals surface area contributed by atoms with E-state index in [9.17, 15) is 0 Å². The van der Waals surface area contributed by atoms with Crippen LogP contribution in [0.4, 0.5) is 5.95 Å². The Hall–Kier alpha value is -1.40. The maximum atomic E-state index is 5.52. The van der Waals surface area contributed by atoms with Gasteiger partial charge in [0.1, 0.15) is 0 Å². The van der Waals surface area contributed by atoms with Crippen LogP contribution in [0.25, 0.3) is 0 Å². The largest absolute Gasteiger partial charge is 0.481 e. The molecule has 1 aromatic heterocycles. The van der Waals surface area contributed by atoms with Crippen LogP contribution in [0, 0.1) is 6.92 Å². The molecule has 0 spiro atoms. The summed E-state index contributed by atoms with van der Waals surface area (Å²) in [4.78, 5) is 13.7. The van der Waals surface area contributed by atoms with Crippen molar-refractivity contribution in [2.75, 3.05) is 51.3 Å². The van der Waals surface area contributed by atoms with Gasteiger partial charge in [0.15, 0.2) is 0 Å². The fourth-order valence-electron chi connectivity index (χ4n) is 2.60. The van der Waals surface area contributed by atoms with Crippen molar-refractivity contribution >= 4 is 5.95 Å². The Morgan fingerprint density at radius 3 is 2.57 bits per heavy atom. The monoisotopic (exact) mass is 293 g/mol. The number of hydrogen-bond acceptors (Lipinski definition) is 6. The van der Waals surface area contributed by atoms with Crippen LogP contribution in [0.1, 0.15) is 25.0 Å². The average Bonchev–Trinajstić information content (AvgIpc) is 2.51. The Kier molecular flexibility index (Phi) is 6.20. The number of unbranched alkanes of at least 4 members (excludes halogenated alkanes) is 2. The van der Waals surface area contributed by atoms with Gasteiger partial charge in [-0.05, 0) is 32.9 Å². The fourth-order valence-corrected chi connectivity index (χ4v) is 2.60. The Morgan fingerprint density at radius 2 is 1.90 bits per heavy atom. The molecule has 2 N–H and O–H groups in total. The molecule has 1 aliphatic heterocycles. The summed E-state index contributed by atoms with van der Waals surface area (Å²) < 4.78 is 5.23. The van der Waals surface area contributed by atoms with Crippen molar-refractivity contribution < 1.29 is 4.74 Å². The number of piperazine rings is 1. The van der Waals surface area contributed by atoms with Gasteiger partial charge in [-0.1, -0.05) is 6.42 Å². The number of ether oxygens (including phenoxy) is 1. The molecule has 0 amide bonds. The first-order valence-corrected chi connectivity index (χ1v) is 7.80. The molecule has 1 aromatic rings. The number of hydrogen-bond donors (Lipinski definition) is 1. The summed E-state index contributed by atoms with van der Waals surface area (Å²) >= 11 is 0. The van der Waals surface area contributed by atoms with Crippen LogP contribution in [-0.4, -0.2) is 61.2 Å². The van der Waals surface area contributed by atoms with Gasteiger partial charge in [-0.25, -0.2) is 4.98 Å². The highest BCUT2D eigenvalue weighted by Crippen LogP contribution is 2.17. The van der Waals surface area contributed by atoms with E-state index in [0.717, 1.165) is 50.8 Å². The fraction of sp³-hybridized carbons (Fsp3) is 0.733. The molecule has 0 atom stereocenters. The predicted octanol–water partition coefficient (Wildman–Crippen LogP) is 1.04. The van der Waals surface area contributed by atoms with Crippen molar-refractivity contribution in [3.05, 3.63) is 11.8 Å². The molecule has 2 rings (SSSR count). The standard InChI is InChI=1S/C15H27N5O/c1-13-12-14(21-2)18-15(17-13)20-10-8-19(9-11-20)7-5-3-4-6-16/h12H,3-11,16H2,1-2H3. The van der Waals surface area contributed by atoms with E-state index in [1.165, 1.54) is 19.4 Å². The summed E-state index contributed by atoms with van der Waals surface area (Å²) in [5.74, 6) is 1.43. The number of methoxy groups -OCH3 is 1. The summed E-state index contributed by atoms with van der Waals surface area (Å²) in [5, 5.41) is 0. The van der Waals surface area contributed by atoms with Crippen molar-refractivity contribution in [1.29, 1.82) is 0 Å². The highest BCUT2D eigenvalue weighted by atomic mass is 16.5. The second kappa shape index (κ2) is 8.14. The minimum atomic E-state index is 0.640. The highest BCUT2D eigenvalue weighted by molar-refractivity contribution is 5.34. The Bertz CT molecular complexity index is 432. The lowest BCUT2D eigenvalue weighted by atomic mass is 10.2. The van der Waals surface area contributed by atoms with Crippen LogP contribution in [-0.2, 0) is 0 Å². The van der Waals surface area contributed by atoms with Gasteiger partial charge in [0.05, 0.1) is 7.11 Å². The van der Waals surface area contributed by atoms with E-state index in [2.05, 4.69) is 19.8 Å². The zero-order chi connectivity index (χ0) is 15.1. The van der Waals surface area contributed by atoms with Gasteiger partial charge >= 0.3 is 0 Å². The third kappa shape index (κ3) is 4.82. The molecule has 0 bridgehead atoms. The maximum Gasteiger partial charge on any atom is 0.228 e. The number of aromatic nitrogens is 2. The molecule has 6 nitrogen and oxygen atoms in total. The van der Waals surface area contributed by atoms with Crippen molar-refractivity contribution in [1.82, 2.24) is 14.9 Å². The zero-order valence-corrected chi connectivity index (χ0v) is 13.2. The Labute approximate surface area is 127 Å². The van der Waals surface area contributed by atoms with Gasteiger partial charge in [-0.15, -0.1) is 0 Å². The molecule has 0 aromatic carbocycles. The average molecular weight is 293 g/mol. The third-order valence-electron chi connectivity index (χ3n) is 3.86. The Morgan fingerprint density at radius 1 is 1.14 bits per heavy atom. The lowest BCUT2D eigenvalue weighted by Gasteiger charge is -2.34. The van der Waals surface area contributed by atoms with Gasteiger partial charge < -0.3 is 15.4 Å². The molecule has 0 aliphatic carbocycles. The van der Waals surface area contributed by atoms with E-state index in [1.54, 1.807) is 7.11 Å². The molecule has 0 unspecified atom stereocenters. The molecular formula is C15H27N5O. The molecule has 1 saturated heterocycles. The first kappa shape index (κ1) is 16.0. The van der Waals surface area contributed by atoms with Gasteiger partial charge in [0.25, 0.3) is 0 Å². The van der Waals surface area contributed by atoms with Crippen LogP contribution in [0.2, 0.25) is 0 Å². The normalized spacial score (nSPS) is 16.2. The van der Waals surface area contributed by atoms with Gasteiger partial charge in [-0.2, -0.15) is 4.98 Å². The van der Waals surface area contributed by atoms with Crippen molar-refractivity contribution in [2.24, 2.45) is 5.73 Å². The molecule has 1 aliphatic rings. The number of nitrogens with zero attached hydrogens (tertiary/aromatic N) is 4. The lowest BCUT2D eigenvalue weighted by Crippen LogP contribution is -2.47. The minimum Gasteiger partial charge on any atom is -0.481 e. The van der Waals surface area contributed by atoms with Crippen molar-refractivity contribution in [2.45, 2.75) is 26.2 Å². The van der Waals surface area contributed by atoms with Crippen molar-refractivity contribution in [3.8, 4) is 5.88 Å². The summed E-state index contributed by atoms with van der Waals surface area (Å²) in [5.41, 5.74) is 6.47. The van der Waals surface area contributed by atoms with E-state index in [0.29, 0.717) is 5.88 Å². The molecule has 2 heterocycles. The molecular weight excluding hydrogens is 266 g/mol. The zero-order valence-electron chi connectivity index (χ0n) is 13.2. The van der Waals surface area contributed by atoms with E-state index < -0.39 is 0 Å². The van der Waals surface area contributed by atoms with E-state index in [-0.39, 0.29) is 0 Å². The quantitative estimate of drug-likeness (QED) is 0.758. The first-order chi connectivity index (χ1) is 10.2. The van der Waals surface area contributed by atoms with Crippen LogP contribution in [0.3, 0.4) is 0 Å². The highest BCUT2D eigenvalue weighted by Gasteiger charge is 2.19. The maximum absolute atomic E-state index is 5.52. The number of aryl methyl sites for hydroxylation is 1. The summed E-state index contributed by atoms with van der Waals surface area (Å²) in [7, 11) is 1.64. The van der Waals surface area contributed by atoms with Crippen LogP contribution < -0.4 is 15.4 Å². The predicted molar refractivity (Wildman–Crippen MR) is 84.9 cm³/mol. The van der Waals surface area contributed by atoms with Crippen molar-refractivity contribution in [3.63, 3.8) is 0 Å². The summed E-state index contributed by atoms with van der Waals surface area (Å²) in [6.45, 7) is 8.05. The van der Waals surface area contributed by atoms with Crippen LogP contribution in [0.5, 0.6) is 5.88 Å². The molecule has 0 radical (unpaired) electrons. The third-order valence-corrected chi connectivity index (χ3v) is 3.86. The SMILES string of the molecule is COc1cc(C)nc(N2CCN(CCCCCN)CC2)n1. The topological polar surface area (TPSA) is 67.5 Å². The molecule has 0 saturated carbocycles. The summed E-state index contributed by atoms with van der Waals surface area (Å²) in [6, 6.07) is 1.86. The second-order valence-electron chi connectivity index (χ2n) is 5.53. The smallest absolute Gasteiger partial charge is 0.228 e. The van der Waals surface area contributed by atoms with E-state index in [4.69, 9.17) is 10.5 Å². The molecule has 1 fully saturated rings. The van der Waals surface area contributed by atoms with E-state index >= 15 is 0 Å². The van der Waals surface area contributed by atoms with Crippen LogP contribution in [0.15, 0.2) is 6.07 Å².